The van der Waals surface area contributed by atoms with Crippen LogP contribution in [0.4, 0.5) is 5.69 Å². The van der Waals surface area contributed by atoms with Crippen LogP contribution < -0.4 is 4.31 Å². The van der Waals surface area contributed by atoms with Crippen LogP contribution in [0.3, 0.4) is 0 Å². The van der Waals surface area contributed by atoms with E-state index in [2.05, 4.69) is 37.3 Å². The number of nitrogens with zero attached hydrogens (tertiary/aromatic N) is 1. The molecule has 1 unspecified atom stereocenters. The van der Waals surface area contributed by atoms with Crippen molar-refractivity contribution in [1.82, 2.24) is 0 Å². The Kier molecular flexibility index (Phi) is 2.74. The molecule has 2 aromatic carbocycles. The molecule has 0 radical (unpaired) electrons. The summed E-state index contributed by atoms with van der Waals surface area (Å²) in [5.74, 6) is 0. The molecule has 2 aromatic rings. The van der Waals surface area contributed by atoms with E-state index >= 15 is 0 Å². The van der Waals surface area contributed by atoms with Gasteiger partial charge in [0.1, 0.15) is 0 Å². The number of anilines is 1. The van der Waals surface area contributed by atoms with Gasteiger partial charge < -0.3 is 0 Å². The van der Waals surface area contributed by atoms with Crippen LogP contribution in [-0.4, -0.2) is 21.2 Å². The van der Waals surface area contributed by atoms with Gasteiger partial charge in [0.2, 0.25) is 10.0 Å². The maximum Gasteiger partial charge on any atom is 0.232 e. The van der Waals surface area contributed by atoms with E-state index < -0.39 is 10.0 Å². The molecule has 0 aromatic heterocycles. The molecule has 1 atom stereocenters. The molecule has 2 aliphatic rings. The lowest BCUT2D eigenvalue weighted by molar-refractivity contribution is 0.419. The van der Waals surface area contributed by atoms with Crippen molar-refractivity contribution in [2.24, 2.45) is 0 Å². The van der Waals surface area contributed by atoms with Crippen LogP contribution in [-0.2, 0) is 21.9 Å². The van der Waals surface area contributed by atoms with Crippen LogP contribution in [0.5, 0.6) is 0 Å². The second-order valence-electron chi connectivity index (χ2n) is 6.68. The molecule has 1 heterocycles. The largest absolute Gasteiger partial charge is 0.270 e. The van der Waals surface area contributed by atoms with Crippen molar-refractivity contribution in [2.45, 2.75) is 25.2 Å². The molecule has 4 rings (SSSR count). The first kappa shape index (κ1) is 13.8. The van der Waals surface area contributed by atoms with E-state index in [1.807, 2.05) is 12.1 Å². The van der Waals surface area contributed by atoms with Crippen LogP contribution >= 0.6 is 0 Å². The van der Waals surface area contributed by atoms with Crippen molar-refractivity contribution in [2.75, 3.05) is 17.1 Å². The molecule has 22 heavy (non-hydrogen) atoms. The Bertz CT molecular complexity index is 872. The van der Waals surface area contributed by atoms with Crippen LogP contribution in [0, 0.1) is 0 Å². The van der Waals surface area contributed by atoms with Gasteiger partial charge in [-0.3, -0.25) is 4.31 Å². The van der Waals surface area contributed by atoms with E-state index in [0.717, 1.165) is 18.5 Å². The van der Waals surface area contributed by atoms with Crippen molar-refractivity contribution >= 4 is 15.7 Å². The van der Waals surface area contributed by atoms with E-state index in [9.17, 15) is 8.42 Å². The predicted octanol–water partition coefficient (Wildman–Crippen LogP) is 3.34. The van der Waals surface area contributed by atoms with Gasteiger partial charge in [-0.15, -0.1) is 0 Å². The van der Waals surface area contributed by atoms with E-state index in [4.69, 9.17) is 0 Å². The second kappa shape index (κ2) is 4.35. The summed E-state index contributed by atoms with van der Waals surface area (Å²) in [5.41, 5.74) is 5.88. The van der Waals surface area contributed by atoms with Gasteiger partial charge in [0.05, 0.1) is 11.9 Å². The first-order valence-electron chi connectivity index (χ1n) is 7.60. The van der Waals surface area contributed by atoms with Gasteiger partial charge in [-0.1, -0.05) is 43.3 Å². The van der Waals surface area contributed by atoms with Crippen LogP contribution in [0.2, 0.25) is 0 Å². The predicted molar refractivity (Wildman–Crippen MR) is 89.7 cm³/mol. The van der Waals surface area contributed by atoms with Crippen LogP contribution in [0.25, 0.3) is 11.1 Å². The lowest BCUT2D eigenvalue weighted by atomic mass is 9.65. The average Bonchev–Trinajstić information content (AvgIpc) is 2.46. The number of rotatable bonds is 1. The monoisotopic (exact) mass is 313 g/mol. The first-order chi connectivity index (χ1) is 10.4. The van der Waals surface area contributed by atoms with Crippen LogP contribution in [0.15, 0.2) is 42.5 Å². The van der Waals surface area contributed by atoms with Gasteiger partial charge in [-0.25, -0.2) is 8.42 Å². The Labute approximate surface area is 131 Å². The number of sulfonamides is 1. The van der Waals surface area contributed by atoms with Crippen LogP contribution in [0.1, 0.15) is 24.5 Å². The summed E-state index contributed by atoms with van der Waals surface area (Å²) in [6, 6.07) is 14.5. The zero-order chi connectivity index (χ0) is 15.5. The van der Waals surface area contributed by atoms with Gasteiger partial charge in [-0.2, -0.15) is 0 Å². The van der Waals surface area contributed by atoms with Gasteiger partial charge in [0, 0.05) is 12.0 Å². The minimum atomic E-state index is -3.23. The zero-order valence-electron chi connectivity index (χ0n) is 12.8. The maximum absolute atomic E-state index is 12.1. The lowest BCUT2D eigenvalue weighted by Gasteiger charge is -2.45. The Morgan fingerprint density at radius 3 is 2.55 bits per heavy atom. The van der Waals surface area contributed by atoms with Gasteiger partial charge in [0.25, 0.3) is 0 Å². The number of benzene rings is 2. The summed E-state index contributed by atoms with van der Waals surface area (Å²) in [6.45, 7) is 2.83. The Hall–Kier alpha value is -1.81. The topological polar surface area (TPSA) is 37.4 Å². The molecule has 0 bridgehead atoms. The minimum Gasteiger partial charge on any atom is -0.270 e. The molecule has 0 fully saturated rings. The molecule has 114 valence electrons. The number of fused-ring (bicyclic) bond motifs is 2. The molecule has 0 N–H and O–H groups in total. The molecule has 0 amide bonds. The van der Waals surface area contributed by atoms with Gasteiger partial charge >= 0.3 is 0 Å². The first-order valence-corrected chi connectivity index (χ1v) is 9.44. The standard InChI is InChI=1S/C18H19NO2S/c1-18-10-11-19(22(2,20)21)16-9-5-8-15(17(16)18)14-7-4-3-6-13(14)12-18/h3-9H,10-12H2,1-2H3. The minimum absolute atomic E-state index is 0.0153. The molecule has 0 spiro atoms. The molecule has 3 nitrogen and oxygen atoms in total. The van der Waals surface area contributed by atoms with E-state index in [1.54, 1.807) is 4.31 Å². The van der Waals surface area contributed by atoms with Crippen molar-refractivity contribution in [3.8, 4) is 11.1 Å². The van der Waals surface area contributed by atoms with Gasteiger partial charge in [-0.05, 0) is 41.2 Å². The number of hydrogen-bond acceptors (Lipinski definition) is 2. The molecule has 0 saturated heterocycles. The number of hydrogen-bond donors (Lipinski definition) is 0. The summed E-state index contributed by atoms with van der Waals surface area (Å²) >= 11 is 0. The van der Waals surface area contributed by atoms with Crippen molar-refractivity contribution in [3.63, 3.8) is 0 Å². The van der Waals surface area contributed by atoms with E-state index in [1.165, 1.54) is 28.5 Å². The third kappa shape index (κ3) is 1.83. The highest BCUT2D eigenvalue weighted by molar-refractivity contribution is 7.92. The van der Waals surface area contributed by atoms with Crippen molar-refractivity contribution in [3.05, 3.63) is 53.6 Å². The van der Waals surface area contributed by atoms with E-state index in [-0.39, 0.29) is 5.41 Å². The summed E-state index contributed by atoms with van der Waals surface area (Å²) in [4.78, 5) is 0. The Balaban J connectivity index is 2.05. The fourth-order valence-corrected chi connectivity index (χ4v) is 5.01. The molecule has 4 heteroatoms. The SMILES string of the molecule is CC12CCN(S(C)(=O)=O)c3cccc(c31)-c1ccccc1C2. The fraction of sp³-hybridized carbons (Fsp3) is 0.333. The highest BCUT2D eigenvalue weighted by Crippen LogP contribution is 2.51. The zero-order valence-corrected chi connectivity index (χ0v) is 13.7. The third-order valence-electron chi connectivity index (χ3n) is 5.07. The quantitative estimate of drug-likeness (QED) is 0.810. The average molecular weight is 313 g/mol. The summed E-state index contributed by atoms with van der Waals surface area (Å²) in [7, 11) is -3.23. The summed E-state index contributed by atoms with van der Waals surface area (Å²) < 4.78 is 25.9. The lowest BCUT2D eigenvalue weighted by Crippen LogP contribution is -2.44. The fourth-order valence-electron chi connectivity index (χ4n) is 4.08. The smallest absolute Gasteiger partial charge is 0.232 e. The van der Waals surface area contributed by atoms with Crippen molar-refractivity contribution in [1.29, 1.82) is 0 Å². The molecule has 1 aliphatic carbocycles. The highest BCUT2D eigenvalue weighted by atomic mass is 32.2. The molecular weight excluding hydrogens is 294 g/mol. The normalized spacial score (nSPS) is 22.9. The maximum atomic E-state index is 12.1. The third-order valence-corrected chi connectivity index (χ3v) is 6.25. The van der Waals surface area contributed by atoms with Crippen molar-refractivity contribution < 1.29 is 8.42 Å². The van der Waals surface area contributed by atoms with Gasteiger partial charge in [0.15, 0.2) is 0 Å². The second-order valence-corrected chi connectivity index (χ2v) is 8.59. The summed E-state index contributed by atoms with van der Waals surface area (Å²) in [6.07, 6.45) is 3.13. The molecular formula is C18H19NO2S. The van der Waals surface area contributed by atoms with E-state index in [0.29, 0.717) is 6.54 Å². The Morgan fingerprint density at radius 2 is 1.77 bits per heavy atom. The molecule has 1 aliphatic heterocycles. The summed E-state index contributed by atoms with van der Waals surface area (Å²) in [5, 5.41) is 0. The molecule has 0 saturated carbocycles. The highest BCUT2D eigenvalue weighted by Gasteiger charge is 2.42. The Morgan fingerprint density at radius 1 is 1.05 bits per heavy atom.